The average molecular weight is 271 g/mol. The second-order valence-corrected chi connectivity index (χ2v) is 4.10. The largest absolute Gasteiger partial charge is 0.478 e. The van der Waals surface area contributed by atoms with E-state index in [1.54, 1.807) is 42.1 Å². The van der Waals surface area contributed by atoms with Gasteiger partial charge < -0.3 is 15.0 Å². The molecule has 0 aliphatic heterocycles. The van der Waals surface area contributed by atoms with Crippen molar-refractivity contribution in [3.63, 3.8) is 0 Å². The number of hydrogen-bond acceptors (Lipinski definition) is 3. The van der Waals surface area contributed by atoms with Gasteiger partial charge in [0.05, 0.1) is 0 Å². The van der Waals surface area contributed by atoms with Crippen LogP contribution in [0.3, 0.4) is 0 Å². The van der Waals surface area contributed by atoms with Crippen molar-refractivity contribution in [1.29, 1.82) is 0 Å². The monoisotopic (exact) mass is 271 g/mol. The van der Waals surface area contributed by atoms with Gasteiger partial charge in [-0.05, 0) is 35.9 Å². The van der Waals surface area contributed by atoms with E-state index >= 15 is 0 Å². The highest BCUT2D eigenvalue weighted by atomic mass is 16.4. The summed E-state index contributed by atoms with van der Waals surface area (Å²) >= 11 is 0. The summed E-state index contributed by atoms with van der Waals surface area (Å²) in [5.74, 6) is -0.940. The average Bonchev–Trinajstić information content (AvgIpc) is 2.83. The van der Waals surface area contributed by atoms with Crippen LogP contribution in [0.1, 0.15) is 16.1 Å². The van der Waals surface area contributed by atoms with Crippen molar-refractivity contribution in [2.24, 2.45) is 7.05 Å². The van der Waals surface area contributed by atoms with Gasteiger partial charge in [-0.15, -0.1) is 0 Å². The Balaban J connectivity index is 2.14. The van der Waals surface area contributed by atoms with Crippen molar-refractivity contribution in [1.82, 2.24) is 9.55 Å². The molecular formula is C14H13N3O3. The smallest absolute Gasteiger partial charge is 0.328 e. The van der Waals surface area contributed by atoms with Crippen molar-refractivity contribution in [3.05, 3.63) is 54.0 Å². The van der Waals surface area contributed by atoms with Crippen LogP contribution >= 0.6 is 0 Å². The summed E-state index contributed by atoms with van der Waals surface area (Å²) < 4.78 is 1.70. The summed E-state index contributed by atoms with van der Waals surface area (Å²) in [6.45, 7) is 0. The number of nitrogens with zero attached hydrogens (tertiary/aromatic N) is 2. The molecule has 0 fully saturated rings. The summed E-state index contributed by atoms with van der Waals surface area (Å²) in [6, 6.07) is 6.72. The molecule has 0 saturated heterocycles. The number of carboxylic acid groups (broad SMARTS) is 1. The first-order valence-corrected chi connectivity index (χ1v) is 5.86. The van der Waals surface area contributed by atoms with Crippen LogP contribution in [0.2, 0.25) is 0 Å². The standard InChI is InChI=1S/C14H13N3O3/c1-17-8-2-3-11(17)14(20)16-12-9-10(6-7-15-12)4-5-13(18)19/h2-9H,1H3,(H,18,19)(H,15,16,20)/b5-4+. The number of aromatic nitrogens is 2. The van der Waals surface area contributed by atoms with Gasteiger partial charge in [0.25, 0.3) is 5.91 Å². The lowest BCUT2D eigenvalue weighted by molar-refractivity contribution is -0.131. The van der Waals surface area contributed by atoms with Crippen LogP contribution in [-0.2, 0) is 11.8 Å². The third-order valence-electron chi connectivity index (χ3n) is 2.62. The van der Waals surface area contributed by atoms with Gasteiger partial charge in [0.2, 0.25) is 0 Å². The molecule has 0 unspecified atom stereocenters. The Labute approximate surface area is 115 Å². The summed E-state index contributed by atoms with van der Waals surface area (Å²) in [6.07, 6.45) is 5.73. The predicted molar refractivity (Wildman–Crippen MR) is 74.3 cm³/mol. The van der Waals surface area contributed by atoms with Gasteiger partial charge in [-0.25, -0.2) is 9.78 Å². The summed E-state index contributed by atoms with van der Waals surface area (Å²) in [5, 5.41) is 11.2. The Morgan fingerprint density at radius 1 is 1.40 bits per heavy atom. The van der Waals surface area contributed by atoms with Gasteiger partial charge in [0.1, 0.15) is 11.5 Å². The number of nitrogens with one attached hydrogen (secondary N) is 1. The minimum absolute atomic E-state index is 0.274. The maximum atomic E-state index is 12.0. The first-order valence-electron chi connectivity index (χ1n) is 5.86. The Morgan fingerprint density at radius 2 is 2.20 bits per heavy atom. The third-order valence-corrected chi connectivity index (χ3v) is 2.62. The van der Waals surface area contributed by atoms with Gasteiger partial charge in [0.15, 0.2) is 0 Å². The number of carbonyl (C=O) groups is 2. The van der Waals surface area contributed by atoms with Gasteiger partial charge in [-0.3, -0.25) is 4.79 Å². The zero-order chi connectivity index (χ0) is 14.5. The molecule has 2 aromatic heterocycles. The maximum absolute atomic E-state index is 12.0. The van der Waals surface area contributed by atoms with Gasteiger partial charge in [-0.1, -0.05) is 0 Å². The van der Waals surface area contributed by atoms with Crippen molar-refractivity contribution < 1.29 is 14.7 Å². The van der Waals surface area contributed by atoms with E-state index in [2.05, 4.69) is 10.3 Å². The first-order chi connectivity index (χ1) is 9.56. The zero-order valence-electron chi connectivity index (χ0n) is 10.8. The predicted octanol–water partition coefficient (Wildman–Crippen LogP) is 1.77. The van der Waals surface area contributed by atoms with Gasteiger partial charge >= 0.3 is 5.97 Å². The lowest BCUT2D eigenvalue weighted by Crippen LogP contribution is -2.16. The second kappa shape index (κ2) is 5.83. The molecule has 1 amide bonds. The number of amides is 1. The Hall–Kier alpha value is -2.89. The molecule has 0 bridgehead atoms. The Morgan fingerprint density at radius 3 is 2.85 bits per heavy atom. The topological polar surface area (TPSA) is 84.2 Å². The molecule has 2 rings (SSSR count). The van der Waals surface area contributed by atoms with E-state index in [9.17, 15) is 9.59 Å². The number of hydrogen-bond donors (Lipinski definition) is 2. The quantitative estimate of drug-likeness (QED) is 0.830. The number of aliphatic carboxylic acids is 1. The molecule has 2 heterocycles. The van der Waals surface area contributed by atoms with E-state index in [4.69, 9.17) is 5.11 Å². The van der Waals surface area contributed by atoms with Crippen molar-refractivity contribution >= 4 is 23.8 Å². The first kappa shape index (κ1) is 13.5. The van der Waals surface area contributed by atoms with Crippen molar-refractivity contribution in [2.75, 3.05) is 5.32 Å². The lowest BCUT2D eigenvalue weighted by Gasteiger charge is -2.05. The molecule has 2 N–H and O–H groups in total. The number of carboxylic acids is 1. The van der Waals surface area contributed by atoms with Gasteiger partial charge in [-0.2, -0.15) is 0 Å². The van der Waals surface area contributed by atoms with E-state index in [1.165, 1.54) is 12.3 Å². The maximum Gasteiger partial charge on any atom is 0.328 e. The molecule has 2 aromatic rings. The molecule has 20 heavy (non-hydrogen) atoms. The Bertz CT molecular complexity index is 674. The fourth-order valence-electron chi connectivity index (χ4n) is 1.66. The molecule has 6 nitrogen and oxygen atoms in total. The van der Waals surface area contributed by atoms with Crippen LogP contribution in [0, 0.1) is 0 Å². The van der Waals surface area contributed by atoms with E-state index in [1.807, 2.05) is 0 Å². The van der Waals surface area contributed by atoms with Crippen LogP contribution in [0.4, 0.5) is 5.82 Å². The van der Waals surface area contributed by atoms with E-state index in [0.29, 0.717) is 17.1 Å². The SMILES string of the molecule is Cn1cccc1C(=O)Nc1cc(/C=C/C(=O)O)ccn1. The highest BCUT2D eigenvalue weighted by Crippen LogP contribution is 2.10. The van der Waals surface area contributed by atoms with Crippen LogP contribution in [-0.4, -0.2) is 26.5 Å². The van der Waals surface area contributed by atoms with Crippen LogP contribution in [0.25, 0.3) is 6.08 Å². The molecule has 0 atom stereocenters. The van der Waals surface area contributed by atoms with Crippen molar-refractivity contribution in [2.45, 2.75) is 0 Å². The number of anilines is 1. The fourth-order valence-corrected chi connectivity index (χ4v) is 1.66. The van der Waals surface area contributed by atoms with Crippen LogP contribution in [0.15, 0.2) is 42.7 Å². The minimum atomic E-state index is -1.03. The number of pyridine rings is 1. The second-order valence-electron chi connectivity index (χ2n) is 4.10. The highest BCUT2D eigenvalue weighted by Gasteiger charge is 2.09. The summed E-state index contributed by atoms with van der Waals surface area (Å²) in [5.41, 5.74) is 1.16. The number of rotatable bonds is 4. The van der Waals surface area contributed by atoms with Crippen LogP contribution < -0.4 is 5.32 Å². The number of carbonyl (C=O) groups excluding carboxylic acids is 1. The minimum Gasteiger partial charge on any atom is -0.478 e. The normalized spacial score (nSPS) is 10.7. The Kier molecular flexibility index (Phi) is 3.95. The van der Waals surface area contributed by atoms with E-state index in [-0.39, 0.29) is 5.91 Å². The fraction of sp³-hybridized carbons (Fsp3) is 0.0714. The number of aryl methyl sites for hydroxylation is 1. The lowest BCUT2D eigenvalue weighted by atomic mass is 10.2. The summed E-state index contributed by atoms with van der Waals surface area (Å²) in [7, 11) is 1.77. The molecule has 0 radical (unpaired) electrons. The van der Waals surface area contributed by atoms with Crippen LogP contribution in [0.5, 0.6) is 0 Å². The molecule has 0 spiro atoms. The molecule has 0 saturated carbocycles. The highest BCUT2D eigenvalue weighted by molar-refractivity contribution is 6.02. The van der Waals surface area contributed by atoms with E-state index in [0.717, 1.165) is 6.08 Å². The molecule has 0 aliphatic rings. The third kappa shape index (κ3) is 3.32. The molecule has 0 aliphatic carbocycles. The molecular weight excluding hydrogens is 258 g/mol. The zero-order valence-corrected chi connectivity index (χ0v) is 10.8. The van der Waals surface area contributed by atoms with E-state index < -0.39 is 5.97 Å². The van der Waals surface area contributed by atoms with Gasteiger partial charge in [0, 0.05) is 25.5 Å². The molecule has 6 heteroatoms. The van der Waals surface area contributed by atoms with Crippen molar-refractivity contribution in [3.8, 4) is 0 Å². The summed E-state index contributed by atoms with van der Waals surface area (Å²) in [4.78, 5) is 26.5. The molecule has 102 valence electrons. The molecule has 0 aromatic carbocycles.